The Labute approximate surface area is 87.0 Å². The zero-order valence-corrected chi connectivity index (χ0v) is 9.90. The molecule has 1 nitrogen and oxygen atoms in total. The average Bonchev–Trinajstić information content (AvgIpc) is 2.14. The van der Waals surface area contributed by atoms with E-state index in [2.05, 4.69) is 15.9 Å². The molecule has 0 aliphatic heterocycles. The minimum atomic E-state index is -0.292. The van der Waals surface area contributed by atoms with E-state index in [0.717, 1.165) is 10.0 Å². The minimum Gasteiger partial charge on any atom is -0.496 e. The van der Waals surface area contributed by atoms with Gasteiger partial charge in [-0.15, -0.1) is 0 Å². The normalized spacial score (nSPS) is 8.77. The van der Waals surface area contributed by atoms with E-state index in [4.69, 9.17) is 4.74 Å². The summed E-state index contributed by atoms with van der Waals surface area (Å²) in [6.07, 6.45) is 0. The maximum Gasteiger partial charge on any atom is 0.128 e. The van der Waals surface area contributed by atoms with Crippen molar-refractivity contribution >= 4 is 15.9 Å². The molecule has 0 radical (unpaired) electrons. The van der Waals surface area contributed by atoms with Gasteiger partial charge in [0.25, 0.3) is 0 Å². The lowest BCUT2D eigenvalue weighted by Crippen LogP contribution is -1.89. The zero-order chi connectivity index (χ0) is 10.4. The Kier molecular flexibility index (Phi) is 5.71. The lowest BCUT2D eigenvalue weighted by molar-refractivity contribution is 0.407. The van der Waals surface area contributed by atoms with Crippen LogP contribution in [0.3, 0.4) is 0 Å². The summed E-state index contributed by atoms with van der Waals surface area (Å²) in [7, 11) is 1.52. The van der Waals surface area contributed by atoms with Gasteiger partial charge in [0.05, 0.1) is 7.11 Å². The highest BCUT2D eigenvalue weighted by atomic mass is 79.9. The van der Waals surface area contributed by atoms with Gasteiger partial charge < -0.3 is 4.74 Å². The number of rotatable bonds is 1. The van der Waals surface area contributed by atoms with Crippen LogP contribution in [0.4, 0.5) is 4.39 Å². The Morgan fingerprint density at radius 3 is 2.31 bits per heavy atom. The molecule has 0 aliphatic rings. The van der Waals surface area contributed by atoms with E-state index in [0.29, 0.717) is 5.75 Å². The molecular weight excluding hydrogens is 235 g/mol. The smallest absolute Gasteiger partial charge is 0.128 e. The topological polar surface area (TPSA) is 9.23 Å². The van der Waals surface area contributed by atoms with Crippen molar-refractivity contribution in [1.82, 2.24) is 0 Å². The van der Waals surface area contributed by atoms with Crippen LogP contribution in [0.2, 0.25) is 0 Å². The highest BCUT2D eigenvalue weighted by molar-refractivity contribution is 9.10. The van der Waals surface area contributed by atoms with E-state index >= 15 is 0 Å². The molecule has 74 valence electrons. The van der Waals surface area contributed by atoms with Crippen molar-refractivity contribution in [3.8, 4) is 5.75 Å². The first-order chi connectivity index (χ1) is 6.15. The molecule has 1 rings (SSSR count). The molecule has 0 N–H and O–H groups in total. The summed E-state index contributed by atoms with van der Waals surface area (Å²) < 4.78 is 18.4. The van der Waals surface area contributed by atoms with Crippen molar-refractivity contribution in [2.24, 2.45) is 0 Å². The Morgan fingerprint density at radius 1 is 1.31 bits per heavy atom. The van der Waals surface area contributed by atoms with Crippen molar-refractivity contribution in [3.05, 3.63) is 28.0 Å². The molecule has 13 heavy (non-hydrogen) atoms. The van der Waals surface area contributed by atoms with Crippen LogP contribution >= 0.6 is 15.9 Å². The number of hydrogen-bond acceptors (Lipinski definition) is 1. The predicted molar refractivity (Wildman–Crippen MR) is 56.7 cm³/mol. The standard InChI is InChI=1S/C8H8BrFO.C2H6/c1-5-7(9)3-6(10)4-8(5)11-2;1-2/h3-4H,1-2H3;1-2H3. The van der Waals surface area contributed by atoms with Gasteiger partial charge in [0.2, 0.25) is 0 Å². The number of methoxy groups -OCH3 is 1. The molecule has 1 aromatic carbocycles. The van der Waals surface area contributed by atoms with Crippen LogP contribution in [0.15, 0.2) is 16.6 Å². The molecule has 0 bridgehead atoms. The Hall–Kier alpha value is -0.570. The Bertz CT molecular complexity index is 274. The van der Waals surface area contributed by atoms with Gasteiger partial charge in [-0.3, -0.25) is 0 Å². The molecule has 1 aromatic rings. The molecule has 3 heteroatoms. The van der Waals surface area contributed by atoms with E-state index in [9.17, 15) is 4.39 Å². The molecule has 0 amide bonds. The molecule has 0 fully saturated rings. The Morgan fingerprint density at radius 2 is 1.85 bits per heavy atom. The summed E-state index contributed by atoms with van der Waals surface area (Å²) in [5.74, 6) is 0.274. The molecule has 0 unspecified atom stereocenters. The summed E-state index contributed by atoms with van der Waals surface area (Å²) in [6, 6.07) is 2.78. The summed E-state index contributed by atoms with van der Waals surface area (Å²) >= 11 is 3.22. The second-order valence-electron chi connectivity index (χ2n) is 2.21. The third kappa shape index (κ3) is 3.35. The second kappa shape index (κ2) is 5.97. The third-order valence-corrected chi connectivity index (χ3v) is 2.31. The van der Waals surface area contributed by atoms with Crippen molar-refractivity contribution in [2.45, 2.75) is 20.8 Å². The van der Waals surface area contributed by atoms with Gasteiger partial charge in [0.15, 0.2) is 0 Å². The summed E-state index contributed by atoms with van der Waals surface area (Å²) in [4.78, 5) is 0. The number of benzene rings is 1. The van der Waals surface area contributed by atoms with E-state index in [-0.39, 0.29) is 5.82 Å². The molecular formula is C10H14BrFO. The van der Waals surface area contributed by atoms with E-state index in [1.54, 1.807) is 0 Å². The highest BCUT2D eigenvalue weighted by Gasteiger charge is 2.04. The predicted octanol–water partition coefficient (Wildman–Crippen LogP) is 3.93. The number of ether oxygens (including phenoxy) is 1. The van der Waals surface area contributed by atoms with Crippen LogP contribution in [-0.2, 0) is 0 Å². The largest absolute Gasteiger partial charge is 0.496 e. The molecule has 0 saturated heterocycles. The molecule has 0 spiro atoms. The number of hydrogen-bond donors (Lipinski definition) is 0. The van der Waals surface area contributed by atoms with E-state index in [1.165, 1.54) is 19.2 Å². The fourth-order valence-electron chi connectivity index (χ4n) is 0.834. The summed E-state index contributed by atoms with van der Waals surface area (Å²) in [5.41, 5.74) is 0.911. The summed E-state index contributed by atoms with van der Waals surface area (Å²) in [6.45, 7) is 5.86. The van der Waals surface area contributed by atoms with Crippen LogP contribution in [0.5, 0.6) is 5.75 Å². The van der Waals surface area contributed by atoms with Crippen LogP contribution in [0.1, 0.15) is 19.4 Å². The lowest BCUT2D eigenvalue weighted by atomic mass is 10.2. The van der Waals surface area contributed by atoms with E-state index < -0.39 is 0 Å². The molecule has 0 saturated carbocycles. The molecule has 0 heterocycles. The molecule has 0 aromatic heterocycles. The van der Waals surface area contributed by atoms with Gasteiger partial charge in [-0.2, -0.15) is 0 Å². The summed E-state index contributed by atoms with van der Waals surface area (Å²) in [5, 5.41) is 0. The van der Waals surface area contributed by atoms with Crippen LogP contribution < -0.4 is 4.74 Å². The molecule has 0 atom stereocenters. The SMILES string of the molecule is CC.COc1cc(F)cc(Br)c1C. The van der Waals surface area contributed by atoms with Gasteiger partial charge in [0, 0.05) is 16.1 Å². The average molecular weight is 249 g/mol. The minimum absolute atomic E-state index is 0.292. The van der Waals surface area contributed by atoms with Gasteiger partial charge in [-0.1, -0.05) is 29.8 Å². The monoisotopic (exact) mass is 248 g/mol. The zero-order valence-electron chi connectivity index (χ0n) is 8.32. The van der Waals surface area contributed by atoms with Gasteiger partial charge in [-0.25, -0.2) is 4.39 Å². The van der Waals surface area contributed by atoms with Gasteiger partial charge >= 0.3 is 0 Å². The van der Waals surface area contributed by atoms with E-state index in [1.807, 2.05) is 20.8 Å². The van der Waals surface area contributed by atoms with Crippen LogP contribution in [0.25, 0.3) is 0 Å². The van der Waals surface area contributed by atoms with Crippen molar-refractivity contribution in [1.29, 1.82) is 0 Å². The third-order valence-electron chi connectivity index (χ3n) is 1.48. The van der Waals surface area contributed by atoms with Crippen molar-refractivity contribution in [3.63, 3.8) is 0 Å². The van der Waals surface area contributed by atoms with Crippen LogP contribution in [-0.4, -0.2) is 7.11 Å². The quantitative estimate of drug-likeness (QED) is 0.732. The van der Waals surface area contributed by atoms with Crippen molar-refractivity contribution < 1.29 is 9.13 Å². The fraction of sp³-hybridized carbons (Fsp3) is 0.400. The first-order valence-electron chi connectivity index (χ1n) is 4.15. The molecule has 0 aliphatic carbocycles. The maximum absolute atomic E-state index is 12.7. The number of halogens is 2. The second-order valence-corrected chi connectivity index (χ2v) is 3.07. The first-order valence-corrected chi connectivity index (χ1v) is 4.94. The van der Waals surface area contributed by atoms with Gasteiger partial charge in [-0.05, 0) is 13.0 Å². The highest BCUT2D eigenvalue weighted by Crippen LogP contribution is 2.26. The Balaban J connectivity index is 0.000000671. The van der Waals surface area contributed by atoms with Crippen LogP contribution in [0, 0.1) is 12.7 Å². The first kappa shape index (κ1) is 12.4. The lowest BCUT2D eigenvalue weighted by Gasteiger charge is -2.05. The maximum atomic E-state index is 12.7. The van der Waals surface area contributed by atoms with Gasteiger partial charge in [0.1, 0.15) is 11.6 Å². The van der Waals surface area contributed by atoms with Crippen molar-refractivity contribution in [2.75, 3.05) is 7.11 Å². The fourth-order valence-corrected chi connectivity index (χ4v) is 1.25.